The molecule has 0 fully saturated rings. The molecule has 1 aromatic rings. The first-order valence-corrected chi connectivity index (χ1v) is 5.72. The number of aliphatic carboxylic acids is 2. The van der Waals surface area contributed by atoms with Gasteiger partial charge < -0.3 is 20.8 Å². The summed E-state index contributed by atoms with van der Waals surface area (Å²) in [4.78, 5) is 36.5. The van der Waals surface area contributed by atoms with Gasteiger partial charge in [0.15, 0.2) is 5.82 Å². The normalized spacial score (nSPS) is 11.7. The number of amides is 2. The van der Waals surface area contributed by atoms with E-state index in [2.05, 4.69) is 20.7 Å². The molecule has 1 heterocycles. The number of aryl methyl sites for hydroxylation is 1. The maximum Gasteiger partial charge on any atom is 0.326 e. The molecule has 0 aliphatic heterocycles. The first-order chi connectivity index (χ1) is 9.38. The second-order valence-corrected chi connectivity index (χ2v) is 3.97. The summed E-state index contributed by atoms with van der Waals surface area (Å²) in [5.74, 6) is -2.18. The lowest BCUT2D eigenvalue weighted by Crippen LogP contribution is -2.47. The Labute approximate surface area is 113 Å². The predicted octanol–water partition coefficient (Wildman–Crippen LogP) is -1.42. The highest BCUT2D eigenvalue weighted by atomic mass is 16.4. The van der Waals surface area contributed by atoms with Crippen molar-refractivity contribution >= 4 is 18.0 Å². The number of nitrogens with zero attached hydrogens (tertiary/aromatic N) is 3. The SMILES string of the molecule is Cn1cnc(CCNC(=O)N[C@H](CC(=O)O)C(=O)O)n1. The summed E-state index contributed by atoms with van der Waals surface area (Å²) in [5, 5.41) is 25.7. The molecule has 1 atom stereocenters. The number of carboxylic acid groups (broad SMARTS) is 2. The third-order valence-corrected chi connectivity index (χ3v) is 2.26. The second kappa shape index (κ2) is 7.07. The minimum absolute atomic E-state index is 0.204. The van der Waals surface area contributed by atoms with Gasteiger partial charge in [0.05, 0.1) is 6.42 Å². The van der Waals surface area contributed by atoms with Crippen molar-refractivity contribution in [3.8, 4) is 0 Å². The average molecular weight is 285 g/mol. The zero-order valence-corrected chi connectivity index (χ0v) is 10.7. The zero-order valence-electron chi connectivity index (χ0n) is 10.7. The van der Waals surface area contributed by atoms with Crippen LogP contribution in [-0.2, 0) is 23.1 Å². The third kappa shape index (κ3) is 5.33. The molecule has 10 nitrogen and oxygen atoms in total. The third-order valence-electron chi connectivity index (χ3n) is 2.26. The molecule has 4 N–H and O–H groups in total. The minimum Gasteiger partial charge on any atom is -0.481 e. The van der Waals surface area contributed by atoms with Crippen LogP contribution in [0.2, 0.25) is 0 Å². The van der Waals surface area contributed by atoms with Gasteiger partial charge in [-0.3, -0.25) is 9.48 Å². The minimum atomic E-state index is -1.47. The van der Waals surface area contributed by atoms with Gasteiger partial charge >= 0.3 is 18.0 Å². The molecule has 0 aliphatic carbocycles. The summed E-state index contributed by atoms with van der Waals surface area (Å²) < 4.78 is 1.52. The van der Waals surface area contributed by atoms with E-state index in [1.54, 1.807) is 7.05 Å². The van der Waals surface area contributed by atoms with E-state index in [0.29, 0.717) is 12.2 Å². The van der Waals surface area contributed by atoms with Crippen LogP contribution in [0.15, 0.2) is 6.33 Å². The van der Waals surface area contributed by atoms with Crippen LogP contribution < -0.4 is 10.6 Å². The summed E-state index contributed by atoms with van der Waals surface area (Å²) >= 11 is 0. The van der Waals surface area contributed by atoms with Crippen molar-refractivity contribution in [1.29, 1.82) is 0 Å². The number of rotatable bonds is 7. The Bertz CT molecular complexity index is 500. The molecule has 0 bridgehead atoms. The maximum absolute atomic E-state index is 11.4. The Kier molecular flexibility index (Phi) is 5.44. The molecule has 1 aromatic heterocycles. The summed E-state index contributed by atoms with van der Waals surface area (Å²) in [6.07, 6.45) is 1.21. The second-order valence-electron chi connectivity index (χ2n) is 3.97. The van der Waals surface area contributed by atoms with Gasteiger partial charge in [-0.2, -0.15) is 5.10 Å². The molecule has 0 aliphatic rings. The van der Waals surface area contributed by atoms with E-state index < -0.39 is 30.4 Å². The predicted molar refractivity (Wildman–Crippen MR) is 64.9 cm³/mol. The molecule has 0 radical (unpaired) electrons. The fraction of sp³-hybridized carbons (Fsp3) is 0.500. The average Bonchev–Trinajstić information content (AvgIpc) is 2.73. The van der Waals surface area contributed by atoms with Gasteiger partial charge in [0.2, 0.25) is 0 Å². The van der Waals surface area contributed by atoms with Crippen molar-refractivity contribution < 1.29 is 24.6 Å². The number of nitrogens with one attached hydrogen (secondary N) is 2. The van der Waals surface area contributed by atoms with Crippen LogP contribution >= 0.6 is 0 Å². The fourth-order valence-corrected chi connectivity index (χ4v) is 1.37. The molecular weight excluding hydrogens is 270 g/mol. The number of aromatic nitrogens is 3. The van der Waals surface area contributed by atoms with E-state index in [-0.39, 0.29) is 6.54 Å². The monoisotopic (exact) mass is 285 g/mol. The van der Waals surface area contributed by atoms with Crippen molar-refractivity contribution in [2.45, 2.75) is 18.9 Å². The molecule has 0 unspecified atom stereocenters. The quantitative estimate of drug-likeness (QED) is 0.481. The van der Waals surface area contributed by atoms with Gasteiger partial charge in [-0.25, -0.2) is 14.6 Å². The first-order valence-electron chi connectivity index (χ1n) is 5.72. The Morgan fingerprint density at radius 2 is 2.10 bits per heavy atom. The van der Waals surface area contributed by atoms with Crippen LogP contribution in [0.5, 0.6) is 0 Å². The van der Waals surface area contributed by atoms with Crippen molar-refractivity contribution in [2.75, 3.05) is 6.54 Å². The van der Waals surface area contributed by atoms with Gasteiger partial charge in [0.25, 0.3) is 0 Å². The summed E-state index contributed by atoms with van der Waals surface area (Å²) in [7, 11) is 1.71. The van der Waals surface area contributed by atoms with Gasteiger partial charge in [0.1, 0.15) is 12.4 Å². The van der Waals surface area contributed by atoms with E-state index in [1.165, 1.54) is 11.0 Å². The first kappa shape index (κ1) is 15.4. The Balaban J connectivity index is 2.34. The summed E-state index contributed by atoms with van der Waals surface area (Å²) in [5.41, 5.74) is 0. The molecule has 10 heteroatoms. The van der Waals surface area contributed by atoms with Gasteiger partial charge in [-0.15, -0.1) is 0 Å². The van der Waals surface area contributed by atoms with Crippen LogP contribution in [0.3, 0.4) is 0 Å². The number of carbonyl (C=O) groups excluding carboxylic acids is 1. The molecule has 20 heavy (non-hydrogen) atoms. The van der Waals surface area contributed by atoms with Gasteiger partial charge in [-0.1, -0.05) is 0 Å². The molecular formula is C10H15N5O5. The molecule has 110 valence electrons. The summed E-state index contributed by atoms with van der Waals surface area (Å²) in [6, 6.07) is -2.23. The highest BCUT2D eigenvalue weighted by molar-refractivity contribution is 5.86. The van der Waals surface area contributed by atoms with E-state index in [1.807, 2.05) is 0 Å². The van der Waals surface area contributed by atoms with Crippen LogP contribution in [0.1, 0.15) is 12.2 Å². The van der Waals surface area contributed by atoms with E-state index in [4.69, 9.17) is 10.2 Å². The van der Waals surface area contributed by atoms with Crippen LogP contribution in [0.4, 0.5) is 4.79 Å². The van der Waals surface area contributed by atoms with E-state index >= 15 is 0 Å². The maximum atomic E-state index is 11.4. The molecule has 0 saturated heterocycles. The van der Waals surface area contributed by atoms with Crippen LogP contribution in [0.25, 0.3) is 0 Å². The van der Waals surface area contributed by atoms with Gasteiger partial charge in [0, 0.05) is 20.0 Å². The van der Waals surface area contributed by atoms with Crippen LogP contribution in [-0.4, -0.2) is 55.5 Å². The Morgan fingerprint density at radius 1 is 1.40 bits per heavy atom. The lowest BCUT2D eigenvalue weighted by molar-refractivity contribution is -0.145. The van der Waals surface area contributed by atoms with Gasteiger partial charge in [-0.05, 0) is 0 Å². The van der Waals surface area contributed by atoms with Crippen molar-refractivity contribution in [1.82, 2.24) is 25.4 Å². The molecule has 0 aromatic carbocycles. The zero-order chi connectivity index (χ0) is 15.1. The smallest absolute Gasteiger partial charge is 0.326 e. The number of carbonyl (C=O) groups is 3. The lowest BCUT2D eigenvalue weighted by atomic mass is 10.2. The highest BCUT2D eigenvalue weighted by Crippen LogP contribution is 1.93. The van der Waals surface area contributed by atoms with Crippen LogP contribution in [0, 0.1) is 0 Å². The Morgan fingerprint density at radius 3 is 2.60 bits per heavy atom. The summed E-state index contributed by atoms with van der Waals surface area (Å²) in [6.45, 7) is 0.204. The topological polar surface area (TPSA) is 146 Å². The number of carboxylic acids is 2. The molecule has 0 spiro atoms. The largest absolute Gasteiger partial charge is 0.481 e. The molecule has 0 saturated carbocycles. The van der Waals surface area contributed by atoms with Crippen molar-refractivity contribution in [3.05, 3.63) is 12.2 Å². The van der Waals surface area contributed by atoms with E-state index in [0.717, 1.165) is 0 Å². The Hall–Kier alpha value is -2.65. The number of hydrogen-bond acceptors (Lipinski definition) is 5. The standard InChI is InChI=1S/C10H15N5O5/c1-15-5-12-7(14-15)2-3-11-10(20)13-6(9(18)19)4-8(16)17/h5-6H,2-4H2,1H3,(H,16,17)(H,18,19)(H2,11,13,20)/t6-/m1/s1. The number of urea groups is 1. The highest BCUT2D eigenvalue weighted by Gasteiger charge is 2.22. The van der Waals surface area contributed by atoms with Crippen molar-refractivity contribution in [2.24, 2.45) is 7.05 Å². The van der Waals surface area contributed by atoms with Crippen molar-refractivity contribution in [3.63, 3.8) is 0 Å². The van der Waals surface area contributed by atoms with E-state index in [9.17, 15) is 14.4 Å². The number of hydrogen-bond donors (Lipinski definition) is 4. The molecule has 1 rings (SSSR count). The fourth-order valence-electron chi connectivity index (χ4n) is 1.37. The molecule has 2 amide bonds. The lowest BCUT2D eigenvalue weighted by Gasteiger charge is -2.12.